The molecular weight excluding hydrogens is 274 g/mol. The molecule has 114 valence electrons. The minimum absolute atomic E-state index is 0.285. The lowest BCUT2D eigenvalue weighted by Gasteiger charge is -2.24. The van der Waals surface area contributed by atoms with Crippen molar-refractivity contribution >= 4 is 10.0 Å². The molecule has 1 fully saturated rings. The number of aromatic amines is 1. The predicted molar refractivity (Wildman–Crippen MR) is 80.0 cm³/mol. The number of rotatable bonds is 6. The molecule has 1 aliphatic rings. The monoisotopic (exact) mass is 299 g/mol. The van der Waals surface area contributed by atoms with Crippen LogP contribution in [0.5, 0.6) is 0 Å². The first-order chi connectivity index (χ1) is 9.31. The van der Waals surface area contributed by atoms with E-state index >= 15 is 0 Å². The van der Waals surface area contributed by atoms with Crippen LogP contribution in [0.3, 0.4) is 0 Å². The molecule has 0 radical (unpaired) electrons. The lowest BCUT2D eigenvalue weighted by Crippen LogP contribution is -2.43. The van der Waals surface area contributed by atoms with Gasteiger partial charge < -0.3 is 10.3 Å². The molecule has 1 saturated carbocycles. The first-order valence-corrected chi connectivity index (χ1v) is 8.74. The summed E-state index contributed by atoms with van der Waals surface area (Å²) in [5.74, 6) is 0. The number of aromatic nitrogens is 1. The summed E-state index contributed by atoms with van der Waals surface area (Å²) in [5, 5.41) is 3.26. The molecule has 0 bridgehead atoms. The number of H-pyrrole nitrogens is 1. The summed E-state index contributed by atoms with van der Waals surface area (Å²) in [6.45, 7) is 6.75. The molecule has 0 aromatic carbocycles. The van der Waals surface area contributed by atoms with Gasteiger partial charge in [0, 0.05) is 30.0 Å². The van der Waals surface area contributed by atoms with E-state index in [2.05, 4.69) is 28.9 Å². The van der Waals surface area contributed by atoms with E-state index in [-0.39, 0.29) is 5.54 Å². The van der Waals surface area contributed by atoms with Crippen molar-refractivity contribution in [2.75, 3.05) is 0 Å². The van der Waals surface area contributed by atoms with Gasteiger partial charge >= 0.3 is 0 Å². The largest absolute Gasteiger partial charge is 0.363 e. The van der Waals surface area contributed by atoms with Crippen LogP contribution >= 0.6 is 0 Å². The molecule has 1 heterocycles. The molecule has 1 aromatic rings. The zero-order chi connectivity index (χ0) is 14.8. The molecule has 6 heteroatoms. The Hall–Kier alpha value is -0.850. The summed E-state index contributed by atoms with van der Waals surface area (Å²) in [7, 11) is -3.43. The Bertz CT molecular complexity index is 543. The molecular formula is C14H25N3O2S. The van der Waals surface area contributed by atoms with Gasteiger partial charge in [-0.25, -0.2) is 13.1 Å². The quantitative estimate of drug-likeness (QED) is 0.753. The van der Waals surface area contributed by atoms with E-state index in [0.717, 1.165) is 31.4 Å². The normalized spacial score (nSPS) is 18.8. The number of hydrogen-bond acceptors (Lipinski definition) is 3. The van der Waals surface area contributed by atoms with Crippen LogP contribution in [0.15, 0.2) is 17.2 Å². The maximum absolute atomic E-state index is 12.4. The van der Waals surface area contributed by atoms with Gasteiger partial charge in [-0.3, -0.25) is 0 Å². The van der Waals surface area contributed by atoms with E-state index in [1.807, 2.05) is 6.92 Å². The molecule has 20 heavy (non-hydrogen) atoms. The van der Waals surface area contributed by atoms with Crippen molar-refractivity contribution in [2.24, 2.45) is 0 Å². The van der Waals surface area contributed by atoms with Crippen molar-refractivity contribution in [1.82, 2.24) is 15.0 Å². The third-order valence-corrected chi connectivity index (χ3v) is 5.43. The van der Waals surface area contributed by atoms with E-state index in [4.69, 9.17) is 0 Å². The summed E-state index contributed by atoms with van der Waals surface area (Å²) in [6.07, 6.45) is 5.58. The summed E-state index contributed by atoms with van der Waals surface area (Å²) >= 11 is 0. The van der Waals surface area contributed by atoms with Crippen LogP contribution in [0.1, 0.15) is 52.1 Å². The molecule has 1 aliphatic carbocycles. The van der Waals surface area contributed by atoms with Gasteiger partial charge in [-0.1, -0.05) is 26.7 Å². The van der Waals surface area contributed by atoms with Crippen LogP contribution in [0.25, 0.3) is 0 Å². The second-order valence-electron chi connectivity index (χ2n) is 6.27. The molecule has 0 atom stereocenters. The van der Waals surface area contributed by atoms with E-state index in [9.17, 15) is 8.42 Å². The van der Waals surface area contributed by atoms with E-state index in [1.54, 1.807) is 12.3 Å². The molecule has 3 N–H and O–H groups in total. The van der Waals surface area contributed by atoms with E-state index < -0.39 is 10.0 Å². The molecule has 0 amide bonds. The molecule has 0 aliphatic heterocycles. The summed E-state index contributed by atoms with van der Waals surface area (Å²) in [5.41, 5.74) is 0.600. The topological polar surface area (TPSA) is 74.0 Å². The summed E-state index contributed by atoms with van der Waals surface area (Å²) in [4.78, 5) is 3.35. The van der Waals surface area contributed by atoms with Crippen LogP contribution in [0.2, 0.25) is 0 Å². The SMILES string of the molecule is CC(C)NCc1cc(S(=O)(=O)NC2(C)CCCC2)c[nH]1. The Morgan fingerprint density at radius 3 is 2.60 bits per heavy atom. The van der Waals surface area contributed by atoms with Gasteiger partial charge in [0.1, 0.15) is 0 Å². The zero-order valence-electron chi connectivity index (χ0n) is 12.5. The van der Waals surface area contributed by atoms with Crippen LogP contribution in [-0.2, 0) is 16.6 Å². The highest BCUT2D eigenvalue weighted by Gasteiger charge is 2.33. The zero-order valence-corrected chi connectivity index (χ0v) is 13.3. The first-order valence-electron chi connectivity index (χ1n) is 7.25. The first kappa shape index (κ1) is 15.5. The highest BCUT2D eigenvalue weighted by atomic mass is 32.2. The van der Waals surface area contributed by atoms with Crippen LogP contribution in [0, 0.1) is 0 Å². The predicted octanol–water partition coefficient (Wildman–Crippen LogP) is 2.12. The van der Waals surface area contributed by atoms with Gasteiger partial charge in [0.2, 0.25) is 10.0 Å². The molecule has 5 nitrogen and oxygen atoms in total. The van der Waals surface area contributed by atoms with Gasteiger partial charge in [-0.05, 0) is 25.8 Å². The van der Waals surface area contributed by atoms with Crippen molar-refractivity contribution in [3.8, 4) is 0 Å². The van der Waals surface area contributed by atoms with Crippen molar-refractivity contribution in [3.05, 3.63) is 18.0 Å². The second-order valence-corrected chi connectivity index (χ2v) is 7.95. The Morgan fingerprint density at radius 2 is 2.00 bits per heavy atom. The van der Waals surface area contributed by atoms with Crippen molar-refractivity contribution in [2.45, 2.75) is 69.5 Å². The molecule has 0 unspecified atom stereocenters. The smallest absolute Gasteiger partial charge is 0.242 e. The Kier molecular flexibility index (Phi) is 4.56. The lowest BCUT2D eigenvalue weighted by molar-refractivity contribution is 0.427. The van der Waals surface area contributed by atoms with Gasteiger partial charge in [-0.15, -0.1) is 0 Å². The van der Waals surface area contributed by atoms with Crippen molar-refractivity contribution in [3.63, 3.8) is 0 Å². The van der Waals surface area contributed by atoms with Crippen LogP contribution in [0.4, 0.5) is 0 Å². The van der Waals surface area contributed by atoms with Crippen LogP contribution < -0.4 is 10.0 Å². The third-order valence-electron chi connectivity index (χ3n) is 3.82. The average molecular weight is 299 g/mol. The minimum Gasteiger partial charge on any atom is -0.363 e. The van der Waals surface area contributed by atoms with Crippen molar-refractivity contribution in [1.29, 1.82) is 0 Å². The fourth-order valence-corrected chi connectivity index (χ4v) is 4.11. The average Bonchev–Trinajstić information content (AvgIpc) is 2.95. The van der Waals surface area contributed by atoms with Gasteiger partial charge in [0.25, 0.3) is 0 Å². The molecule has 1 aromatic heterocycles. The van der Waals surface area contributed by atoms with E-state index in [1.165, 1.54) is 0 Å². The third kappa shape index (κ3) is 3.84. The van der Waals surface area contributed by atoms with Gasteiger partial charge in [0.15, 0.2) is 0 Å². The molecule has 0 saturated heterocycles. The standard InChI is InChI=1S/C14H25N3O2S/c1-11(2)15-9-12-8-13(10-16-12)20(18,19)17-14(3)6-4-5-7-14/h8,10-11,15-17H,4-7,9H2,1-3H3. The molecule has 2 rings (SSSR count). The Morgan fingerprint density at radius 1 is 1.35 bits per heavy atom. The highest BCUT2D eigenvalue weighted by molar-refractivity contribution is 7.89. The van der Waals surface area contributed by atoms with Gasteiger partial charge in [0.05, 0.1) is 4.90 Å². The highest BCUT2D eigenvalue weighted by Crippen LogP contribution is 2.30. The maximum Gasteiger partial charge on any atom is 0.242 e. The second kappa shape index (κ2) is 5.87. The summed E-state index contributed by atoms with van der Waals surface area (Å²) < 4.78 is 27.6. The fraction of sp³-hybridized carbons (Fsp3) is 0.714. The maximum atomic E-state index is 12.4. The Balaban J connectivity index is 2.06. The Labute approximate surface area is 121 Å². The number of sulfonamides is 1. The van der Waals surface area contributed by atoms with E-state index in [0.29, 0.717) is 17.5 Å². The van der Waals surface area contributed by atoms with Gasteiger partial charge in [-0.2, -0.15) is 0 Å². The fourth-order valence-electron chi connectivity index (χ4n) is 2.63. The summed E-state index contributed by atoms with van der Waals surface area (Å²) in [6, 6.07) is 2.07. The number of nitrogens with one attached hydrogen (secondary N) is 3. The van der Waals surface area contributed by atoms with Crippen LogP contribution in [-0.4, -0.2) is 25.0 Å². The van der Waals surface area contributed by atoms with Crippen molar-refractivity contribution < 1.29 is 8.42 Å². The number of hydrogen-bond donors (Lipinski definition) is 3. The minimum atomic E-state index is -3.43. The molecule has 0 spiro atoms. The lowest BCUT2D eigenvalue weighted by atomic mass is 10.0.